The third-order valence-corrected chi connectivity index (χ3v) is 6.51. The number of fused-ring (bicyclic) bond motifs is 1. The largest absolute Gasteiger partial charge is 0.497 e. The van der Waals surface area contributed by atoms with E-state index in [0.717, 1.165) is 10.9 Å². The van der Waals surface area contributed by atoms with Crippen molar-refractivity contribution in [1.82, 2.24) is 14.8 Å². The summed E-state index contributed by atoms with van der Waals surface area (Å²) in [7, 11) is 3.27. The summed E-state index contributed by atoms with van der Waals surface area (Å²) in [4.78, 5) is 33.4. The van der Waals surface area contributed by atoms with Gasteiger partial charge in [0.1, 0.15) is 5.75 Å². The molecule has 1 aliphatic rings. The molecule has 3 aromatic rings. The number of rotatable bonds is 5. The second-order valence-corrected chi connectivity index (χ2v) is 8.40. The number of benzene rings is 2. The average Bonchev–Trinajstić information content (AvgIpc) is 2.88. The van der Waals surface area contributed by atoms with Crippen LogP contribution >= 0.6 is 0 Å². The molecule has 178 valence electrons. The van der Waals surface area contributed by atoms with Crippen molar-refractivity contribution >= 4 is 34.3 Å². The summed E-state index contributed by atoms with van der Waals surface area (Å²) in [6.45, 7) is 0.624. The topological polar surface area (TPSA) is 107 Å². The summed E-state index contributed by atoms with van der Waals surface area (Å²) < 4.78 is 5.30. The number of amides is 4. The number of carbonyl (C=O) groups is 2. The Labute approximate surface area is 198 Å². The lowest BCUT2D eigenvalue weighted by atomic mass is 9.87. The van der Waals surface area contributed by atoms with E-state index in [1.807, 2.05) is 48.5 Å². The first-order valence-corrected chi connectivity index (χ1v) is 11.2. The van der Waals surface area contributed by atoms with Crippen LogP contribution in [-0.4, -0.2) is 71.3 Å². The quantitative estimate of drug-likeness (QED) is 0.534. The van der Waals surface area contributed by atoms with Gasteiger partial charge in [0.05, 0.1) is 30.5 Å². The van der Waals surface area contributed by atoms with Crippen molar-refractivity contribution in [3.05, 3.63) is 60.8 Å². The summed E-state index contributed by atoms with van der Waals surface area (Å²) in [6.07, 6.45) is 2.57. The predicted molar refractivity (Wildman–Crippen MR) is 131 cm³/mol. The summed E-state index contributed by atoms with van der Waals surface area (Å²) in [5, 5.41) is 16.8. The Hall–Kier alpha value is -3.85. The zero-order valence-corrected chi connectivity index (χ0v) is 19.3. The van der Waals surface area contributed by atoms with Crippen molar-refractivity contribution in [1.29, 1.82) is 0 Å². The van der Waals surface area contributed by atoms with Gasteiger partial charge in [0.2, 0.25) is 0 Å². The molecule has 9 heteroatoms. The smallest absolute Gasteiger partial charge is 0.322 e. The number of likely N-dealkylation sites (N-methyl/N-ethyl adjacent to an activating group) is 1. The van der Waals surface area contributed by atoms with Crippen molar-refractivity contribution < 1.29 is 19.4 Å². The number of urea groups is 2. The maximum atomic E-state index is 13.0. The van der Waals surface area contributed by atoms with Crippen molar-refractivity contribution in [3.8, 4) is 5.75 Å². The maximum Gasteiger partial charge on any atom is 0.322 e. The standard InChI is InChI=1S/C25H29N5O4/c1-29(23(32)27-18-6-4-3-5-7-18)25(17-31)11-14-30(15-12-25)24(33)28-22-10-13-26-21-9-8-19(34-2)16-20(21)22/h3-10,13,16,31H,11-12,14-15,17H2,1-2H3,(H,27,32)(H,26,28,33). The molecule has 0 bridgehead atoms. The van der Waals surface area contributed by atoms with E-state index in [-0.39, 0.29) is 18.7 Å². The van der Waals surface area contributed by atoms with Crippen LogP contribution in [0.15, 0.2) is 60.8 Å². The van der Waals surface area contributed by atoms with Gasteiger partial charge in [0, 0.05) is 37.4 Å². The van der Waals surface area contributed by atoms with Crippen LogP contribution in [0.3, 0.4) is 0 Å². The Morgan fingerprint density at radius 2 is 1.85 bits per heavy atom. The van der Waals surface area contributed by atoms with Gasteiger partial charge in [0.25, 0.3) is 0 Å². The van der Waals surface area contributed by atoms with Crippen LogP contribution in [-0.2, 0) is 0 Å². The minimum atomic E-state index is -0.744. The van der Waals surface area contributed by atoms with Gasteiger partial charge in [0.15, 0.2) is 0 Å². The highest BCUT2D eigenvalue weighted by Crippen LogP contribution is 2.30. The zero-order valence-electron chi connectivity index (χ0n) is 19.3. The number of hydrogen-bond acceptors (Lipinski definition) is 5. The third kappa shape index (κ3) is 4.74. The van der Waals surface area contributed by atoms with Crippen LogP contribution in [0.25, 0.3) is 10.9 Å². The van der Waals surface area contributed by atoms with E-state index in [9.17, 15) is 14.7 Å². The van der Waals surface area contributed by atoms with Crippen LogP contribution < -0.4 is 15.4 Å². The van der Waals surface area contributed by atoms with E-state index in [0.29, 0.717) is 43.1 Å². The number of para-hydroxylation sites is 1. The van der Waals surface area contributed by atoms with Crippen LogP contribution in [0.5, 0.6) is 5.75 Å². The number of nitrogens with one attached hydrogen (secondary N) is 2. The van der Waals surface area contributed by atoms with Gasteiger partial charge in [-0.05, 0) is 49.2 Å². The number of ether oxygens (including phenoxy) is 1. The van der Waals surface area contributed by atoms with Crippen molar-refractivity contribution in [2.75, 3.05) is 44.5 Å². The van der Waals surface area contributed by atoms with Gasteiger partial charge in [-0.25, -0.2) is 9.59 Å². The lowest BCUT2D eigenvalue weighted by Crippen LogP contribution is -2.59. The number of aliphatic hydroxyl groups excluding tert-OH is 1. The molecule has 0 atom stereocenters. The fourth-order valence-corrected chi connectivity index (χ4v) is 4.23. The molecule has 1 aromatic heterocycles. The number of aromatic nitrogens is 1. The molecule has 0 saturated carbocycles. The number of nitrogens with zero attached hydrogens (tertiary/aromatic N) is 3. The molecule has 4 amide bonds. The first-order valence-electron chi connectivity index (χ1n) is 11.2. The number of piperidine rings is 1. The Balaban J connectivity index is 1.42. The molecule has 9 nitrogen and oxygen atoms in total. The summed E-state index contributed by atoms with van der Waals surface area (Å²) in [6, 6.07) is 15.9. The molecule has 1 saturated heterocycles. The van der Waals surface area contributed by atoms with E-state index < -0.39 is 5.54 Å². The highest BCUT2D eigenvalue weighted by atomic mass is 16.5. The lowest BCUT2D eigenvalue weighted by Gasteiger charge is -2.46. The van der Waals surface area contributed by atoms with E-state index >= 15 is 0 Å². The number of pyridine rings is 1. The second kappa shape index (κ2) is 9.96. The number of likely N-dealkylation sites (tertiary alicyclic amines) is 1. The molecular formula is C25H29N5O4. The van der Waals surface area contributed by atoms with Gasteiger partial charge in [-0.15, -0.1) is 0 Å². The molecule has 1 fully saturated rings. The minimum absolute atomic E-state index is 0.185. The molecule has 1 aliphatic heterocycles. The summed E-state index contributed by atoms with van der Waals surface area (Å²) in [5.41, 5.74) is 1.34. The molecule has 2 aromatic carbocycles. The molecule has 2 heterocycles. The van der Waals surface area contributed by atoms with Gasteiger partial charge < -0.3 is 30.3 Å². The van der Waals surface area contributed by atoms with Gasteiger partial charge >= 0.3 is 12.1 Å². The average molecular weight is 464 g/mol. The van der Waals surface area contributed by atoms with Gasteiger partial charge in [-0.2, -0.15) is 0 Å². The van der Waals surface area contributed by atoms with Crippen LogP contribution in [0.2, 0.25) is 0 Å². The van der Waals surface area contributed by atoms with Crippen molar-refractivity contribution in [2.45, 2.75) is 18.4 Å². The zero-order chi connectivity index (χ0) is 24.1. The minimum Gasteiger partial charge on any atom is -0.497 e. The van der Waals surface area contributed by atoms with E-state index in [1.54, 1.807) is 36.2 Å². The van der Waals surface area contributed by atoms with Gasteiger partial charge in [-0.3, -0.25) is 4.98 Å². The van der Waals surface area contributed by atoms with E-state index in [1.165, 1.54) is 0 Å². The van der Waals surface area contributed by atoms with Crippen LogP contribution in [0, 0.1) is 0 Å². The van der Waals surface area contributed by atoms with E-state index in [2.05, 4.69) is 15.6 Å². The van der Waals surface area contributed by atoms with E-state index in [4.69, 9.17) is 4.74 Å². The molecule has 3 N–H and O–H groups in total. The normalized spacial score (nSPS) is 15.0. The molecule has 0 spiro atoms. The summed E-state index contributed by atoms with van der Waals surface area (Å²) >= 11 is 0. The second-order valence-electron chi connectivity index (χ2n) is 8.40. The lowest BCUT2D eigenvalue weighted by molar-refractivity contribution is 0.0295. The SMILES string of the molecule is COc1ccc2nccc(NC(=O)N3CCC(CO)(N(C)C(=O)Nc4ccccc4)CC3)c2c1. The maximum absolute atomic E-state index is 13.0. The number of aliphatic hydroxyl groups is 1. The Morgan fingerprint density at radius 3 is 2.53 bits per heavy atom. The number of carbonyl (C=O) groups excluding carboxylic acids is 2. The number of anilines is 2. The predicted octanol–water partition coefficient (Wildman–Crippen LogP) is 3.77. The highest BCUT2D eigenvalue weighted by Gasteiger charge is 2.41. The first-order chi connectivity index (χ1) is 16.5. The Bertz CT molecular complexity index is 1160. The summed E-state index contributed by atoms with van der Waals surface area (Å²) in [5.74, 6) is 0.679. The third-order valence-electron chi connectivity index (χ3n) is 6.51. The van der Waals surface area contributed by atoms with Gasteiger partial charge in [-0.1, -0.05) is 18.2 Å². The fraction of sp³-hybridized carbons (Fsp3) is 0.320. The van der Waals surface area contributed by atoms with Crippen molar-refractivity contribution in [2.24, 2.45) is 0 Å². The molecule has 0 radical (unpaired) electrons. The Kier molecular flexibility index (Phi) is 6.83. The van der Waals surface area contributed by atoms with Crippen LogP contribution in [0.1, 0.15) is 12.8 Å². The molecule has 34 heavy (non-hydrogen) atoms. The first kappa shape index (κ1) is 23.3. The molecule has 4 rings (SSSR count). The highest BCUT2D eigenvalue weighted by molar-refractivity contribution is 6.00. The van der Waals surface area contributed by atoms with Crippen molar-refractivity contribution in [3.63, 3.8) is 0 Å². The number of methoxy groups -OCH3 is 1. The molecule has 0 aliphatic carbocycles. The number of hydrogen-bond donors (Lipinski definition) is 3. The monoisotopic (exact) mass is 463 g/mol. The Morgan fingerprint density at radius 1 is 1.12 bits per heavy atom. The fourth-order valence-electron chi connectivity index (χ4n) is 4.23. The molecule has 0 unspecified atom stereocenters. The molecular weight excluding hydrogens is 434 g/mol. The van der Waals surface area contributed by atoms with Crippen LogP contribution in [0.4, 0.5) is 21.0 Å².